The van der Waals surface area contributed by atoms with Crippen LogP contribution in [0.5, 0.6) is 0 Å². The van der Waals surface area contributed by atoms with E-state index in [1.165, 1.54) is 6.92 Å². The Bertz CT molecular complexity index is 1800. The van der Waals surface area contributed by atoms with Gasteiger partial charge in [0.2, 0.25) is 0 Å². The van der Waals surface area contributed by atoms with Crippen molar-refractivity contribution >= 4 is 18.2 Å². The number of hydrogen-bond acceptors (Lipinski definition) is 13. The maximum atomic E-state index is 13.2. The van der Waals surface area contributed by atoms with Crippen LogP contribution in [0, 0.1) is 11.8 Å². The zero-order valence-electron chi connectivity index (χ0n) is 34.5. The van der Waals surface area contributed by atoms with Gasteiger partial charge in [-0.15, -0.1) is 0 Å². The van der Waals surface area contributed by atoms with Crippen molar-refractivity contribution in [1.82, 2.24) is 4.90 Å². The number of ether oxygens (including phenoxy) is 7. The molecule has 0 spiro atoms. The third kappa shape index (κ3) is 14.8. The van der Waals surface area contributed by atoms with E-state index in [0.717, 1.165) is 23.1 Å². The van der Waals surface area contributed by atoms with Crippen molar-refractivity contribution in [2.75, 3.05) is 19.8 Å². The number of nitrogens with zero attached hydrogens (tertiary/aromatic N) is 4. The van der Waals surface area contributed by atoms with E-state index in [9.17, 15) is 20.2 Å². The van der Waals surface area contributed by atoms with Crippen molar-refractivity contribution in [2.24, 2.45) is 17.0 Å². The highest BCUT2D eigenvalue weighted by Crippen LogP contribution is 2.37. The topological polar surface area (TPSA) is 205 Å². The molecule has 10 atom stereocenters. The molecule has 1 amide bonds. The minimum absolute atomic E-state index is 0.127. The number of esters is 1. The molecule has 1 N–H and O–H groups in total. The lowest BCUT2D eigenvalue weighted by Crippen LogP contribution is -2.60. The largest absolute Gasteiger partial charge is 0.463 e. The first-order valence-corrected chi connectivity index (χ1v) is 20.1. The van der Waals surface area contributed by atoms with Gasteiger partial charge in [0.25, 0.3) is 0 Å². The molecular formula is C44H56N4O12. The number of amides is 1. The van der Waals surface area contributed by atoms with Gasteiger partial charge in [0.05, 0.1) is 31.0 Å². The summed E-state index contributed by atoms with van der Waals surface area (Å²) in [6.45, 7) is 8.39. The second-order valence-corrected chi connectivity index (χ2v) is 14.8. The lowest BCUT2D eigenvalue weighted by Gasteiger charge is -2.48. The fourth-order valence-electron chi connectivity index (χ4n) is 7.12. The minimum Gasteiger partial charge on any atom is -0.463 e. The number of hydrogen-bond donors (Lipinski definition) is 1. The molecular weight excluding hydrogens is 776 g/mol. The molecule has 0 saturated carbocycles. The average Bonchev–Trinajstić information content (AvgIpc) is 3.25. The monoisotopic (exact) mass is 832 g/mol. The number of aliphatic hydroxyl groups is 1. The van der Waals surface area contributed by atoms with Crippen LogP contribution in [-0.4, -0.2) is 97.1 Å². The molecule has 5 rings (SSSR count). The fraction of sp³-hybridized carbons (Fsp3) is 0.523. The smallest absolute Gasteiger partial charge is 0.410 e. The number of aliphatic hydroxyl groups excluding tert-OH is 1. The minimum atomic E-state index is -0.939. The molecule has 3 aromatic carbocycles. The van der Waals surface area contributed by atoms with Crippen LogP contribution >= 0.6 is 0 Å². The van der Waals surface area contributed by atoms with Crippen LogP contribution in [0.2, 0.25) is 0 Å². The predicted molar refractivity (Wildman–Crippen MR) is 215 cm³/mol. The summed E-state index contributed by atoms with van der Waals surface area (Å²) in [6.07, 6.45) is -3.42. The molecule has 2 aliphatic rings. The average molecular weight is 833 g/mol. The predicted octanol–water partition coefficient (Wildman–Crippen LogP) is 6.74. The molecule has 16 heteroatoms. The van der Waals surface area contributed by atoms with Gasteiger partial charge in [0, 0.05) is 37.4 Å². The van der Waals surface area contributed by atoms with Crippen LogP contribution in [0.1, 0.15) is 63.6 Å². The van der Waals surface area contributed by atoms with Crippen molar-refractivity contribution < 1.29 is 57.4 Å². The Balaban J connectivity index is 0.00000257. The van der Waals surface area contributed by atoms with Gasteiger partial charge >= 0.3 is 18.2 Å². The maximum absolute atomic E-state index is 13.2. The second-order valence-electron chi connectivity index (χ2n) is 14.8. The number of carbonyl (C=O) groups excluding carboxylic acids is 4. The number of carbonyl (C=O) groups is 2. The Morgan fingerprint density at radius 1 is 0.783 bits per heavy atom. The number of unbranched alkanes of at least 4 members (excludes halogenated alkanes) is 2. The molecule has 0 aliphatic carbocycles. The Morgan fingerprint density at radius 3 is 1.98 bits per heavy atom. The summed E-state index contributed by atoms with van der Waals surface area (Å²) in [5, 5.41) is 15.1. The second kappa shape index (κ2) is 25.5. The third-order valence-electron chi connectivity index (χ3n) is 10.4. The molecule has 4 unspecified atom stereocenters. The highest BCUT2D eigenvalue weighted by molar-refractivity contribution is 5.67. The van der Waals surface area contributed by atoms with E-state index >= 15 is 0 Å². The lowest BCUT2D eigenvalue weighted by atomic mass is 9.88. The normalized spacial score (nSPS) is 25.9. The van der Waals surface area contributed by atoms with Gasteiger partial charge in [0.1, 0.15) is 25.4 Å². The van der Waals surface area contributed by atoms with E-state index in [2.05, 4.69) is 10.0 Å². The molecule has 0 aromatic heterocycles. The van der Waals surface area contributed by atoms with Crippen molar-refractivity contribution in [3.05, 3.63) is 118 Å². The summed E-state index contributed by atoms with van der Waals surface area (Å²) in [5.74, 6) is -1.34. The standard InChI is InChI=1S/C43H56N4O10.CO2/c1-29-37(45-46-44)42(51-24-16-8-15-23-47(25-33-17-9-5-10-18-33)43(50)54-27-35-21-13-7-14-22-35)56-36(28-52-32(4)48)39(29)57-41-30(2)40(38(49)31(3)55-41)53-26-34-19-11-6-12-20-34;2-1-3/h5-7,9-14,17-22,29-31,36-42,49H,8,15-16,23-28H2,1-4H3;/t29-,30?,31?,36?,37?,38-,39+,40+,41+,42+;/m1./s1. The van der Waals surface area contributed by atoms with Gasteiger partial charge in [-0.1, -0.05) is 110 Å². The van der Waals surface area contributed by atoms with Crippen LogP contribution in [-0.2, 0) is 67.3 Å². The molecule has 324 valence electrons. The lowest BCUT2D eigenvalue weighted by molar-refractivity contribution is -0.330. The van der Waals surface area contributed by atoms with E-state index in [0.29, 0.717) is 32.5 Å². The first kappa shape index (κ1) is 47.5. The third-order valence-corrected chi connectivity index (χ3v) is 10.4. The summed E-state index contributed by atoms with van der Waals surface area (Å²) in [7, 11) is 0. The van der Waals surface area contributed by atoms with Gasteiger partial charge in [-0.25, -0.2) is 4.79 Å². The molecule has 2 aliphatic heterocycles. The Morgan fingerprint density at radius 2 is 1.38 bits per heavy atom. The van der Waals surface area contributed by atoms with Gasteiger partial charge in [-0.2, -0.15) is 9.59 Å². The fourth-order valence-corrected chi connectivity index (χ4v) is 7.12. The van der Waals surface area contributed by atoms with E-state index < -0.39 is 66.9 Å². The highest BCUT2D eigenvalue weighted by atomic mass is 16.7. The molecule has 2 saturated heterocycles. The molecule has 3 aromatic rings. The summed E-state index contributed by atoms with van der Waals surface area (Å²) in [4.78, 5) is 46.1. The van der Waals surface area contributed by atoms with Crippen molar-refractivity contribution in [3.63, 3.8) is 0 Å². The van der Waals surface area contributed by atoms with Crippen molar-refractivity contribution in [1.29, 1.82) is 0 Å². The molecule has 2 heterocycles. The summed E-state index contributed by atoms with van der Waals surface area (Å²) >= 11 is 0. The number of azide groups is 1. The number of rotatable bonds is 19. The van der Waals surface area contributed by atoms with Crippen LogP contribution in [0.15, 0.2) is 96.1 Å². The van der Waals surface area contributed by atoms with E-state index in [-0.39, 0.29) is 32.1 Å². The zero-order chi connectivity index (χ0) is 43.3. The van der Waals surface area contributed by atoms with Crippen LogP contribution in [0.3, 0.4) is 0 Å². The van der Waals surface area contributed by atoms with Gasteiger partial charge in [-0.05, 0) is 54.3 Å². The molecule has 0 bridgehead atoms. The SMILES string of the molecule is CC(=O)OCC1O[C@H](OCCCCCN(Cc2ccccc2)C(=O)OCc2ccccc2)C(N=[N+]=[N-])[C@@H](C)[C@@H]1O[C@@H]1OC(C)[C@@H](O)[C@@H](OCc2ccccc2)C1C.O=C=O. The van der Waals surface area contributed by atoms with Crippen LogP contribution < -0.4 is 0 Å². The van der Waals surface area contributed by atoms with E-state index in [4.69, 9.17) is 42.7 Å². The van der Waals surface area contributed by atoms with Gasteiger partial charge in [0.15, 0.2) is 12.6 Å². The highest BCUT2D eigenvalue weighted by Gasteiger charge is 2.49. The van der Waals surface area contributed by atoms with Crippen molar-refractivity contribution in [3.8, 4) is 0 Å². The zero-order valence-corrected chi connectivity index (χ0v) is 34.5. The summed E-state index contributed by atoms with van der Waals surface area (Å²) in [5.41, 5.74) is 12.5. The van der Waals surface area contributed by atoms with E-state index in [1.807, 2.05) is 105 Å². The van der Waals surface area contributed by atoms with E-state index in [1.54, 1.807) is 11.8 Å². The Labute approximate surface area is 350 Å². The Hall–Kier alpha value is -5.15. The van der Waals surface area contributed by atoms with Crippen molar-refractivity contribution in [2.45, 2.75) is 116 Å². The first-order valence-electron chi connectivity index (χ1n) is 20.1. The first-order chi connectivity index (χ1) is 29.1. The molecule has 16 nitrogen and oxygen atoms in total. The molecule has 0 radical (unpaired) electrons. The van der Waals surface area contributed by atoms with Gasteiger partial charge < -0.3 is 43.2 Å². The molecule has 2 fully saturated rings. The quantitative estimate of drug-likeness (QED) is 0.0438. The summed E-state index contributed by atoms with van der Waals surface area (Å²) < 4.78 is 42.6. The Kier molecular flexibility index (Phi) is 20.2. The van der Waals surface area contributed by atoms with Gasteiger partial charge in [-0.3, -0.25) is 4.79 Å². The maximum Gasteiger partial charge on any atom is 0.410 e. The molecule has 60 heavy (non-hydrogen) atoms. The van der Waals surface area contributed by atoms with Crippen LogP contribution in [0.4, 0.5) is 4.79 Å². The number of benzene rings is 3. The summed E-state index contributed by atoms with van der Waals surface area (Å²) in [6, 6.07) is 28.3. The van der Waals surface area contributed by atoms with Crippen LogP contribution in [0.25, 0.3) is 10.4 Å².